The molecule has 0 amide bonds. The molecule has 0 heterocycles. The average Bonchev–Trinajstić information content (AvgIpc) is 2.48. The first-order chi connectivity index (χ1) is 10.5. The van der Waals surface area contributed by atoms with Crippen molar-refractivity contribution < 1.29 is 19.7 Å². The van der Waals surface area contributed by atoms with Crippen molar-refractivity contribution in [2.75, 3.05) is 6.61 Å². The second kappa shape index (κ2) is 6.98. The van der Waals surface area contributed by atoms with Gasteiger partial charge in [-0.25, -0.2) is 0 Å². The summed E-state index contributed by atoms with van der Waals surface area (Å²) in [5.41, 5.74) is 2.24. The maximum absolute atomic E-state index is 11.6. The zero-order valence-electron chi connectivity index (χ0n) is 12.7. The number of hydrogen-bond donors (Lipinski definition) is 2. The fourth-order valence-corrected chi connectivity index (χ4v) is 2.46. The monoisotopic (exact) mass is 300 g/mol. The number of carboxylic acids is 1. The third kappa shape index (κ3) is 3.58. The number of carbonyl (C=O) groups is 1. The summed E-state index contributed by atoms with van der Waals surface area (Å²) in [5, 5.41) is 19.4. The quantitative estimate of drug-likeness (QED) is 0.856. The minimum atomic E-state index is -0.910. The fraction of sp³-hybridized carbons (Fsp3) is 0.278. The summed E-state index contributed by atoms with van der Waals surface area (Å²) in [6, 6.07) is 12.2. The van der Waals surface area contributed by atoms with E-state index in [4.69, 9.17) is 4.74 Å². The van der Waals surface area contributed by atoms with Crippen LogP contribution < -0.4 is 4.74 Å². The smallest absolute Gasteiger partial charge is 0.311 e. The van der Waals surface area contributed by atoms with Gasteiger partial charge in [-0.05, 0) is 49.1 Å². The van der Waals surface area contributed by atoms with Crippen LogP contribution in [0.2, 0.25) is 0 Å². The number of hydrogen-bond acceptors (Lipinski definition) is 3. The lowest BCUT2D eigenvalue weighted by Crippen LogP contribution is -2.15. The van der Waals surface area contributed by atoms with Crippen molar-refractivity contribution in [3.63, 3.8) is 0 Å². The number of rotatable bonds is 6. The van der Waals surface area contributed by atoms with E-state index in [-0.39, 0.29) is 12.2 Å². The number of phenols is 1. The minimum absolute atomic E-state index is 0.122. The van der Waals surface area contributed by atoms with E-state index in [1.54, 1.807) is 36.4 Å². The average molecular weight is 300 g/mol. The van der Waals surface area contributed by atoms with Gasteiger partial charge in [-0.3, -0.25) is 4.79 Å². The first-order valence-electron chi connectivity index (χ1n) is 7.26. The number of para-hydroxylation sites is 1. The van der Waals surface area contributed by atoms with Crippen LogP contribution in [0.25, 0.3) is 0 Å². The molecule has 22 heavy (non-hydrogen) atoms. The third-order valence-corrected chi connectivity index (χ3v) is 3.61. The van der Waals surface area contributed by atoms with Crippen LogP contribution in [-0.2, 0) is 11.2 Å². The standard InChI is InChI=1S/C18H20O4/c1-3-22-17-9-8-13(10-12(17)2)15(18(20)21)11-14-6-4-5-7-16(14)19/h4-10,15,19H,3,11H2,1-2H3,(H,20,21). The van der Waals surface area contributed by atoms with E-state index < -0.39 is 11.9 Å². The molecular formula is C18H20O4. The van der Waals surface area contributed by atoms with Crippen molar-refractivity contribution in [1.82, 2.24) is 0 Å². The van der Waals surface area contributed by atoms with Gasteiger partial charge in [0.2, 0.25) is 0 Å². The molecule has 0 saturated carbocycles. The van der Waals surface area contributed by atoms with E-state index in [2.05, 4.69) is 0 Å². The lowest BCUT2D eigenvalue weighted by Gasteiger charge is -2.16. The van der Waals surface area contributed by atoms with Crippen LogP contribution in [0.15, 0.2) is 42.5 Å². The molecule has 2 aromatic carbocycles. The minimum Gasteiger partial charge on any atom is -0.508 e. The lowest BCUT2D eigenvalue weighted by molar-refractivity contribution is -0.138. The van der Waals surface area contributed by atoms with Crippen LogP contribution in [-0.4, -0.2) is 22.8 Å². The molecule has 2 aromatic rings. The second-order valence-electron chi connectivity index (χ2n) is 5.18. The van der Waals surface area contributed by atoms with Crippen molar-refractivity contribution in [3.8, 4) is 11.5 Å². The highest BCUT2D eigenvalue weighted by Gasteiger charge is 2.22. The number of aromatic hydroxyl groups is 1. The van der Waals surface area contributed by atoms with E-state index in [1.807, 2.05) is 19.9 Å². The largest absolute Gasteiger partial charge is 0.508 e. The molecule has 4 nitrogen and oxygen atoms in total. The van der Waals surface area contributed by atoms with E-state index in [9.17, 15) is 15.0 Å². The van der Waals surface area contributed by atoms with E-state index >= 15 is 0 Å². The summed E-state index contributed by atoms with van der Waals surface area (Å²) >= 11 is 0. The van der Waals surface area contributed by atoms with Gasteiger partial charge in [-0.2, -0.15) is 0 Å². The molecule has 0 aliphatic carbocycles. The molecule has 0 bridgehead atoms. The molecular weight excluding hydrogens is 280 g/mol. The summed E-state index contributed by atoms with van der Waals surface area (Å²) in [6.07, 6.45) is 0.245. The molecule has 0 aliphatic heterocycles. The van der Waals surface area contributed by atoms with Crippen molar-refractivity contribution in [3.05, 3.63) is 59.2 Å². The topological polar surface area (TPSA) is 66.8 Å². The Morgan fingerprint density at radius 2 is 1.95 bits per heavy atom. The van der Waals surface area contributed by atoms with Gasteiger partial charge < -0.3 is 14.9 Å². The summed E-state index contributed by atoms with van der Waals surface area (Å²) in [6.45, 7) is 4.37. The maximum atomic E-state index is 11.6. The van der Waals surface area contributed by atoms with E-state index in [0.29, 0.717) is 17.7 Å². The highest BCUT2D eigenvalue weighted by Crippen LogP contribution is 2.29. The highest BCUT2D eigenvalue weighted by molar-refractivity contribution is 5.77. The second-order valence-corrected chi connectivity index (χ2v) is 5.18. The van der Waals surface area contributed by atoms with Crippen LogP contribution >= 0.6 is 0 Å². The van der Waals surface area contributed by atoms with Gasteiger partial charge in [-0.15, -0.1) is 0 Å². The van der Waals surface area contributed by atoms with Gasteiger partial charge in [0.1, 0.15) is 11.5 Å². The number of aryl methyl sites for hydroxylation is 1. The summed E-state index contributed by atoms with van der Waals surface area (Å²) in [4.78, 5) is 11.6. The van der Waals surface area contributed by atoms with Gasteiger partial charge in [0, 0.05) is 0 Å². The molecule has 0 spiro atoms. The fourth-order valence-electron chi connectivity index (χ4n) is 2.46. The van der Waals surface area contributed by atoms with E-state index in [0.717, 1.165) is 11.3 Å². The Hall–Kier alpha value is -2.49. The Balaban J connectivity index is 2.31. The van der Waals surface area contributed by atoms with Gasteiger partial charge >= 0.3 is 5.97 Å². The summed E-state index contributed by atoms with van der Waals surface area (Å²) < 4.78 is 5.48. The molecule has 0 aromatic heterocycles. The van der Waals surface area contributed by atoms with Crippen LogP contribution in [0.3, 0.4) is 0 Å². The van der Waals surface area contributed by atoms with Crippen molar-refractivity contribution in [2.45, 2.75) is 26.2 Å². The normalized spacial score (nSPS) is 11.9. The molecule has 1 unspecified atom stereocenters. The molecule has 2 rings (SSSR count). The molecule has 0 radical (unpaired) electrons. The van der Waals surface area contributed by atoms with Crippen LogP contribution in [0.4, 0.5) is 0 Å². The molecule has 2 N–H and O–H groups in total. The molecule has 1 atom stereocenters. The van der Waals surface area contributed by atoms with Crippen LogP contribution in [0.1, 0.15) is 29.5 Å². The Morgan fingerprint density at radius 1 is 1.23 bits per heavy atom. The number of benzene rings is 2. The highest BCUT2D eigenvalue weighted by atomic mass is 16.5. The number of aliphatic carboxylic acids is 1. The number of ether oxygens (including phenoxy) is 1. The van der Waals surface area contributed by atoms with Gasteiger partial charge in [0.25, 0.3) is 0 Å². The van der Waals surface area contributed by atoms with Crippen molar-refractivity contribution >= 4 is 5.97 Å². The molecule has 0 aliphatic rings. The van der Waals surface area contributed by atoms with Crippen molar-refractivity contribution in [2.24, 2.45) is 0 Å². The Bertz CT molecular complexity index is 664. The summed E-state index contributed by atoms with van der Waals surface area (Å²) in [7, 11) is 0. The van der Waals surface area contributed by atoms with Crippen molar-refractivity contribution in [1.29, 1.82) is 0 Å². The van der Waals surface area contributed by atoms with Crippen LogP contribution in [0, 0.1) is 6.92 Å². The maximum Gasteiger partial charge on any atom is 0.311 e. The van der Waals surface area contributed by atoms with Crippen LogP contribution in [0.5, 0.6) is 11.5 Å². The van der Waals surface area contributed by atoms with Gasteiger partial charge in [0.15, 0.2) is 0 Å². The molecule has 4 heteroatoms. The predicted octanol–water partition coefficient (Wildman–Crippen LogP) is 3.51. The number of carboxylic acid groups (broad SMARTS) is 1. The van der Waals surface area contributed by atoms with E-state index in [1.165, 1.54) is 0 Å². The predicted molar refractivity (Wildman–Crippen MR) is 84.5 cm³/mol. The van der Waals surface area contributed by atoms with Gasteiger partial charge in [0.05, 0.1) is 12.5 Å². The zero-order chi connectivity index (χ0) is 16.1. The van der Waals surface area contributed by atoms with Gasteiger partial charge in [-0.1, -0.05) is 30.3 Å². The summed E-state index contributed by atoms with van der Waals surface area (Å²) in [5.74, 6) is -0.733. The number of phenolic OH excluding ortho intramolecular Hbond substituents is 1. The Labute approximate surface area is 130 Å². The third-order valence-electron chi connectivity index (χ3n) is 3.61. The Kier molecular flexibility index (Phi) is 5.04. The molecule has 0 saturated heterocycles. The lowest BCUT2D eigenvalue weighted by atomic mass is 9.90. The molecule has 116 valence electrons. The zero-order valence-corrected chi connectivity index (χ0v) is 12.7. The SMILES string of the molecule is CCOc1ccc(C(Cc2ccccc2O)C(=O)O)cc1C. The first kappa shape index (κ1) is 15.9. The molecule has 0 fully saturated rings. The Morgan fingerprint density at radius 3 is 2.55 bits per heavy atom. The first-order valence-corrected chi connectivity index (χ1v) is 7.26.